The molecule has 2 saturated heterocycles. The molecule has 12 heteroatoms. The Morgan fingerprint density at radius 1 is 1.45 bits per heavy atom. The first-order valence-electron chi connectivity index (χ1n) is 5.46. The number of carboxylic acids is 1. The molecule has 3 N–H and O–H groups in total. The van der Waals surface area contributed by atoms with Crippen molar-refractivity contribution in [3.05, 3.63) is 0 Å². The summed E-state index contributed by atoms with van der Waals surface area (Å²) in [4.78, 5) is 26.8. The van der Waals surface area contributed by atoms with E-state index >= 15 is 0 Å². The molecule has 0 aliphatic carbocycles. The zero-order valence-electron chi connectivity index (χ0n) is 9.90. The van der Waals surface area contributed by atoms with Crippen molar-refractivity contribution in [2.24, 2.45) is 5.14 Å². The van der Waals surface area contributed by atoms with Gasteiger partial charge < -0.3 is 10.0 Å². The fourth-order valence-corrected chi connectivity index (χ4v) is 3.22. The lowest BCUT2D eigenvalue weighted by Crippen LogP contribution is -2.47. The number of amides is 2. The van der Waals surface area contributed by atoms with Gasteiger partial charge in [-0.15, -0.1) is 0 Å². The number of urea groups is 1. The number of primary sulfonamides is 1. The van der Waals surface area contributed by atoms with E-state index in [2.05, 4.69) is 4.84 Å². The van der Waals surface area contributed by atoms with Crippen molar-refractivity contribution in [1.82, 2.24) is 9.96 Å². The minimum absolute atomic E-state index is 0.0340. The summed E-state index contributed by atoms with van der Waals surface area (Å²) in [5, 5.41) is 12.1. The number of hydrogen-bond acceptors (Lipinski definition) is 5. The van der Waals surface area contributed by atoms with Gasteiger partial charge in [0.15, 0.2) is 0 Å². The molecule has 0 aromatic rings. The van der Waals surface area contributed by atoms with Crippen LogP contribution in [0.4, 0.5) is 13.6 Å². The highest BCUT2D eigenvalue weighted by Crippen LogP contribution is 2.34. The van der Waals surface area contributed by atoms with Crippen LogP contribution in [0.5, 0.6) is 0 Å². The third kappa shape index (κ3) is 2.41. The fourth-order valence-electron chi connectivity index (χ4n) is 2.22. The van der Waals surface area contributed by atoms with E-state index < -0.39 is 39.5 Å². The number of alkyl halides is 2. The number of aliphatic carboxylic acids is 1. The van der Waals surface area contributed by atoms with Crippen molar-refractivity contribution in [1.29, 1.82) is 0 Å². The van der Waals surface area contributed by atoms with E-state index in [-0.39, 0.29) is 24.4 Å². The molecule has 0 saturated carbocycles. The summed E-state index contributed by atoms with van der Waals surface area (Å²) in [6.07, 6.45) is -4.56. The number of nitrogens with two attached hydrogens (primary N) is 1. The van der Waals surface area contributed by atoms with Gasteiger partial charge in [-0.1, -0.05) is 0 Å². The summed E-state index contributed by atoms with van der Waals surface area (Å²) in [5.41, 5.74) is 0. The monoisotopic (exact) mass is 315 g/mol. The lowest BCUT2D eigenvalue weighted by Gasteiger charge is -2.28. The Morgan fingerprint density at radius 2 is 2.05 bits per heavy atom. The van der Waals surface area contributed by atoms with E-state index in [0.29, 0.717) is 0 Å². The molecule has 2 atom stereocenters. The van der Waals surface area contributed by atoms with Crippen LogP contribution < -0.4 is 5.14 Å². The molecule has 0 radical (unpaired) electrons. The molecule has 9 nitrogen and oxygen atoms in total. The Balaban J connectivity index is 2.21. The van der Waals surface area contributed by atoms with Crippen LogP contribution in [0.2, 0.25) is 0 Å². The molecule has 2 bridgehead atoms. The van der Waals surface area contributed by atoms with E-state index in [9.17, 15) is 26.8 Å². The van der Waals surface area contributed by atoms with Gasteiger partial charge in [0.1, 0.15) is 5.37 Å². The lowest BCUT2D eigenvalue weighted by atomic mass is 10.1. The first-order valence-corrected chi connectivity index (χ1v) is 7.07. The number of hydrogen-bond donors (Lipinski definition) is 2. The van der Waals surface area contributed by atoms with Gasteiger partial charge in [-0.05, 0) is 12.8 Å². The summed E-state index contributed by atoms with van der Waals surface area (Å²) >= 11 is 0. The SMILES string of the molecule is NS(=O)(=O)[C@@H]1CC[C@@H]2CN1C(=O)N2OC(F)(F)C(=O)O. The van der Waals surface area contributed by atoms with Gasteiger partial charge in [-0.2, -0.15) is 18.7 Å². The predicted octanol–water partition coefficient (Wildman–Crippen LogP) is -0.890. The van der Waals surface area contributed by atoms with Gasteiger partial charge in [0, 0.05) is 6.54 Å². The Kier molecular flexibility index (Phi) is 3.34. The molecule has 2 rings (SSSR count). The number of nitrogens with zero attached hydrogens (tertiary/aromatic N) is 2. The third-order valence-electron chi connectivity index (χ3n) is 3.11. The van der Waals surface area contributed by atoms with Crippen molar-refractivity contribution < 1.29 is 36.7 Å². The molecular weight excluding hydrogens is 304 g/mol. The molecule has 2 heterocycles. The third-order valence-corrected chi connectivity index (χ3v) is 4.36. The van der Waals surface area contributed by atoms with E-state index in [1.807, 2.05) is 0 Å². The summed E-state index contributed by atoms with van der Waals surface area (Å²) < 4.78 is 48.6. The van der Waals surface area contributed by atoms with Gasteiger partial charge >= 0.3 is 18.1 Å². The Bertz CT molecular complexity index is 552. The molecule has 20 heavy (non-hydrogen) atoms. The Labute approximate surface area is 111 Å². The average molecular weight is 315 g/mol. The van der Waals surface area contributed by atoms with E-state index in [1.54, 1.807) is 0 Å². The first-order chi connectivity index (χ1) is 9.04. The molecule has 2 fully saturated rings. The van der Waals surface area contributed by atoms with Crippen molar-refractivity contribution in [3.63, 3.8) is 0 Å². The zero-order chi connectivity index (χ0) is 15.3. The van der Waals surface area contributed by atoms with Crippen molar-refractivity contribution in [2.75, 3.05) is 6.54 Å². The molecular formula is C8H11F2N3O6S. The van der Waals surface area contributed by atoms with Crippen LogP contribution >= 0.6 is 0 Å². The number of sulfonamides is 1. The van der Waals surface area contributed by atoms with Crippen molar-refractivity contribution in [2.45, 2.75) is 30.4 Å². The molecule has 114 valence electrons. The van der Waals surface area contributed by atoms with Crippen LogP contribution in [0, 0.1) is 0 Å². The second-order valence-corrected chi connectivity index (χ2v) is 6.17. The number of hydroxylamine groups is 2. The molecule has 0 aromatic carbocycles. The van der Waals surface area contributed by atoms with Crippen molar-refractivity contribution >= 4 is 22.0 Å². The Hall–Kier alpha value is -1.53. The summed E-state index contributed by atoms with van der Waals surface area (Å²) in [7, 11) is -4.06. The van der Waals surface area contributed by atoms with Crippen LogP contribution in [-0.2, 0) is 19.7 Å². The number of carbonyl (C=O) groups is 2. The number of fused-ring (bicyclic) bond motifs is 2. The van der Waals surface area contributed by atoms with Crippen LogP contribution in [0.15, 0.2) is 0 Å². The average Bonchev–Trinajstić information content (AvgIpc) is 2.52. The molecule has 0 aromatic heterocycles. The predicted molar refractivity (Wildman–Crippen MR) is 57.5 cm³/mol. The summed E-state index contributed by atoms with van der Waals surface area (Å²) in [6, 6.07) is -1.99. The highest BCUT2D eigenvalue weighted by Gasteiger charge is 2.54. The highest BCUT2D eigenvalue weighted by molar-refractivity contribution is 7.89. The molecule has 2 aliphatic heterocycles. The van der Waals surface area contributed by atoms with Gasteiger partial charge in [0.25, 0.3) is 0 Å². The first kappa shape index (κ1) is 14.9. The number of rotatable bonds is 4. The highest BCUT2D eigenvalue weighted by atomic mass is 32.2. The maximum Gasteiger partial charge on any atom is 0.476 e. The van der Waals surface area contributed by atoms with Gasteiger partial charge in [-0.3, -0.25) is 0 Å². The fraction of sp³-hybridized carbons (Fsp3) is 0.750. The molecule has 2 aliphatic rings. The van der Waals surface area contributed by atoms with Gasteiger partial charge in [0.05, 0.1) is 6.04 Å². The maximum absolute atomic E-state index is 13.0. The molecule has 0 spiro atoms. The number of carboxylic acid groups (broad SMARTS) is 1. The standard InChI is InChI=1S/C8H11F2N3O6S/c9-8(10,6(14)15)19-13-4-1-2-5(20(11,17)18)12(3-4)7(13)16/h4-5H,1-3H2,(H,14,15)(H2,11,17,18)/t4-,5-/m1/s1. The van der Waals surface area contributed by atoms with Crippen LogP contribution in [0.1, 0.15) is 12.8 Å². The zero-order valence-corrected chi connectivity index (χ0v) is 10.7. The topological polar surface area (TPSA) is 130 Å². The largest absolute Gasteiger partial charge is 0.476 e. The van der Waals surface area contributed by atoms with Crippen LogP contribution in [0.3, 0.4) is 0 Å². The van der Waals surface area contributed by atoms with E-state index in [0.717, 1.165) is 4.90 Å². The normalized spacial score (nSPS) is 27.1. The molecule has 2 amide bonds. The smallest absolute Gasteiger partial charge is 0.475 e. The van der Waals surface area contributed by atoms with E-state index in [1.165, 1.54) is 0 Å². The quantitative estimate of drug-likeness (QED) is 0.692. The number of piperidine rings is 1. The van der Waals surface area contributed by atoms with E-state index in [4.69, 9.17) is 10.2 Å². The number of halogens is 2. The second-order valence-electron chi connectivity index (χ2n) is 4.45. The maximum atomic E-state index is 13.0. The minimum Gasteiger partial charge on any atom is -0.475 e. The summed E-state index contributed by atoms with van der Waals surface area (Å²) in [6.45, 7) is -0.171. The number of carbonyl (C=O) groups excluding carboxylic acids is 1. The minimum atomic E-state index is -4.58. The van der Waals surface area contributed by atoms with Crippen molar-refractivity contribution in [3.8, 4) is 0 Å². The molecule has 0 unspecified atom stereocenters. The van der Waals surface area contributed by atoms with Gasteiger partial charge in [0.2, 0.25) is 10.0 Å². The summed E-state index contributed by atoms with van der Waals surface area (Å²) in [5.74, 6) is -2.55. The van der Waals surface area contributed by atoms with Gasteiger partial charge in [-0.25, -0.2) is 23.1 Å². The van der Waals surface area contributed by atoms with Crippen LogP contribution in [0.25, 0.3) is 0 Å². The van der Waals surface area contributed by atoms with Crippen LogP contribution in [-0.4, -0.2) is 59.6 Å². The lowest BCUT2D eigenvalue weighted by molar-refractivity contribution is -0.327. The second kappa shape index (κ2) is 4.49. The Morgan fingerprint density at radius 3 is 2.55 bits per heavy atom.